The summed E-state index contributed by atoms with van der Waals surface area (Å²) in [5.74, 6) is -2.39. The quantitative estimate of drug-likeness (QED) is 0.660. The Morgan fingerprint density at radius 3 is 2.66 bits per heavy atom. The minimum absolute atomic E-state index is 0.0712. The van der Waals surface area contributed by atoms with E-state index in [4.69, 9.17) is 21.1 Å². The molecular formula is C20H20ClF3N2O3. The van der Waals surface area contributed by atoms with Crippen LogP contribution in [0.25, 0.3) is 0 Å². The molecule has 0 radical (unpaired) electrons. The minimum Gasteiger partial charge on any atom is -0.496 e. The second kappa shape index (κ2) is 9.37. The highest BCUT2D eigenvalue weighted by Crippen LogP contribution is 2.30. The van der Waals surface area contributed by atoms with Crippen molar-refractivity contribution in [2.24, 2.45) is 0 Å². The fourth-order valence-electron chi connectivity index (χ4n) is 3.08. The first-order valence-corrected chi connectivity index (χ1v) is 9.41. The summed E-state index contributed by atoms with van der Waals surface area (Å²) < 4.78 is 52.4. The van der Waals surface area contributed by atoms with Crippen LogP contribution < -0.4 is 20.1 Å². The Hall–Kier alpha value is -2.45. The van der Waals surface area contributed by atoms with Gasteiger partial charge in [0.15, 0.2) is 11.6 Å². The number of halogens is 4. The molecule has 1 unspecified atom stereocenters. The average Bonchev–Trinajstić information content (AvgIpc) is 3.25. The Labute approximate surface area is 171 Å². The van der Waals surface area contributed by atoms with Gasteiger partial charge in [-0.15, -0.1) is 0 Å². The van der Waals surface area contributed by atoms with Crippen LogP contribution in [0.4, 0.5) is 13.2 Å². The molecule has 156 valence electrons. The molecule has 1 saturated heterocycles. The minimum atomic E-state index is -0.799. The maximum Gasteiger partial charge on any atom is 0.237 e. The van der Waals surface area contributed by atoms with Crippen LogP contribution in [0.3, 0.4) is 0 Å². The van der Waals surface area contributed by atoms with Gasteiger partial charge >= 0.3 is 0 Å². The molecule has 1 amide bonds. The van der Waals surface area contributed by atoms with Crippen LogP contribution in [-0.2, 0) is 17.9 Å². The number of carbonyl (C=O) groups excluding carboxylic acids is 1. The van der Waals surface area contributed by atoms with E-state index in [1.165, 1.54) is 19.2 Å². The molecule has 29 heavy (non-hydrogen) atoms. The summed E-state index contributed by atoms with van der Waals surface area (Å²) in [6, 6.07) is 4.02. The van der Waals surface area contributed by atoms with Gasteiger partial charge in [-0.1, -0.05) is 11.6 Å². The third-order valence-electron chi connectivity index (χ3n) is 4.68. The number of methoxy groups -OCH3 is 1. The van der Waals surface area contributed by atoms with Gasteiger partial charge in [0.05, 0.1) is 18.2 Å². The van der Waals surface area contributed by atoms with Crippen LogP contribution in [0.2, 0.25) is 5.02 Å². The van der Waals surface area contributed by atoms with Gasteiger partial charge in [-0.3, -0.25) is 4.79 Å². The normalized spacial score (nSPS) is 16.0. The smallest absolute Gasteiger partial charge is 0.237 e. The summed E-state index contributed by atoms with van der Waals surface area (Å²) in [4.78, 5) is 12.1. The SMILES string of the molecule is COc1cc(OCc2c(F)ccc(F)c2Cl)c(F)cc1CNC(=O)C1CCCN1. The van der Waals surface area contributed by atoms with E-state index in [9.17, 15) is 18.0 Å². The first-order valence-electron chi connectivity index (χ1n) is 9.03. The van der Waals surface area contributed by atoms with Crippen molar-refractivity contribution in [2.45, 2.75) is 32.0 Å². The van der Waals surface area contributed by atoms with E-state index in [2.05, 4.69) is 10.6 Å². The second-order valence-electron chi connectivity index (χ2n) is 6.57. The molecule has 0 aromatic heterocycles. The Bertz CT molecular complexity index is 905. The van der Waals surface area contributed by atoms with Gasteiger partial charge in [0.2, 0.25) is 5.91 Å². The van der Waals surface area contributed by atoms with Gasteiger partial charge in [0.25, 0.3) is 0 Å². The molecule has 2 N–H and O–H groups in total. The van der Waals surface area contributed by atoms with E-state index in [1.54, 1.807) is 0 Å². The molecule has 3 rings (SSSR count). The van der Waals surface area contributed by atoms with Crippen LogP contribution in [-0.4, -0.2) is 25.6 Å². The number of carbonyl (C=O) groups is 1. The van der Waals surface area contributed by atoms with Crippen LogP contribution in [0.15, 0.2) is 24.3 Å². The van der Waals surface area contributed by atoms with Crippen LogP contribution >= 0.6 is 11.6 Å². The maximum atomic E-state index is 14.5. The molecular weight excluding hydrogens is 409 g/mol. The molecule has 2 aromatic carbocycles. The Morgan fingerprint density at radius 2 is 1.97 bits per heavy atom. The highest BCUT2D eigenvalue weighted by Gasteiger charge is 2.22. The van der Waals surface area contributed by atoms with E-state index in [0.29, 0.717) is 5.56 Å². The van der Waals surface area contributed by atoms with Crippen molar-refractivity contribution in [1.82, 2.24) is 10.6 Å². The van der Waals surface area contributed by atoms with Crippen molar-refractivity contribution >= 4 is 17.5 Å². The number of rotatable bonds is 7. The van der Waals surface area contributed by atoms with E-state index >= 15 is 0 Å². The zero-order valence-corrected chi connectivity index (χ0v) is 16.4. The number of ether oxygens (including phenoxy) is 2. The highest BCUT2D eigenvalue weighted by atomic mass is 35.5. The third kappa shape index (κ3) is 4.94. The van der Waals surface area contributed by atoms with E-state index < -0.39 is 29.1 Å². The lowest BCUT2D eigenvalue weighted by Gasteiger charge is -2.15. The lowest BCUT2D eigenvalue weighted by molar-refractivity contribution is -0.122. The van der Waals surface area contributed by atoms with Crippen molar-refractivity contribution in [3.8, 4) is 11.5 Å². The molecule has 0 aliphatic carbocycles. The molecule has 9 heteroatoms. The van der Waals surface area contributed by atoms with Crippen molar-refractivity contribution in [3.63, 3.8) is 0 Å². The molecule has 0 bridgehead atoms. The number of nitrogens with one attached hydrogen (secondary N) is 2. The van der Waals surface area contributed by atoms with Gasteiger partial charge < -0.3 is 20.1 Å². The van der Waals surface area contributed by atoms with Gasteiger partial charge in [-0.05, 0) is 37.6 Å². The Kier molecular flexibility index (Phi) is 6.87. The summed E-state index contributed by atoms with van der Waals surface area (Å²) >= 11 is 5.75. The Morgan fingerprint density at radius 1 is 1.21 bits per heavy atom. The van der Waals surface area contributed by atoms with Crippen LogP contribution in [0.1, 0.15) is 24.0 Å². The van der Waals surface area contributed by atoms with E-state index in [0.717, 1.165) is 31.5 Å². The molecule has 0 saturated carbocycles. The number of benzene rings is 2. The standard InChI is InChI=1S/C20H20ClF3N2O3/c1-28-17-8-18(29-10-12-13(22)4-5-14(23)19(12)21)15(24)7-11(17)9-26-20(27)16-3-2-6-25-16/h4-5,7-8,16,25H,2-3,6,9-10H2,1H3,(H,26,27). The predicted molar refractivity (Wildman–Crippen MR) is 102 cm³/mol. The molecule has 1 heterocycles. The fraction of sp³-hybridized carbons (Fsp3) is 0.350. The van der Waals surface area contributed by atoms with Crippen molar-refractivity contribution < 1.29 is 27.4 Å². The molecule has 2 aromatic rings. The predicted octanol–water partition coefficient (Wildman–Crippen LogP) is 3.71. The fourth-order valence-corrected chi connectivity index (χ4v) is 3.29. The lowest BCUT2D eigenvalue weighted by atomic mass is 10.1. The number of hydrogen-bond donors (Lipinski definition) is 2. The third-order valence-corrected chi connectivity index (χ3v) is 5.08. The molecule has 1 atom stereocenters. The molecule has 5 nitrogen and oxygen atoms in total. The Balaban J connectivity index is 1.71. The molecule has 1 aliphatic heterocycles. The first-order chi connectivity index (χ1) is 13.9. The van der Waals surface area contributed by atoms with Crippen molar-refractivity contribution in [2.75, 3.05) is 13.7 Å². The van der Waals surface area contributed by atoms with Crippen molar-refractivity contribution in [3.05, 3.63) is 57.9 Å². The van der Waals surface area contributed by atoms with Crippen LogP contribution in [0, 0.1) is 17.5 Å². The van der Waals surface area contributed by atoms with E-state index in [-0.39, 0.29) is 35.6 Å². The number of amides is 1. The van der Waals surface area contributed by atoms with Gasteiger partial charge in [0, 0.05) is 23.7 Å². The van der Waals surface area contributed by atoms with Gasteiger partial charge in [0.1, 0.15) is 24.0 Å². The summed E-state index contributed by atoms with van der Waals surface area (Å²) in [5, 5.41) is 5.41. The highest BCUT2D eigenvalue weighted by molar-refractivity contribution is 6.31. The zero-order chi connectivity index (χ0) is 21.0. The van der Waals surface area contributed by atoms with E-state index in [1.807, 2.05) is 0 Å². The largest absolute Gasteiger partial charge is 0.496 e. The average molecular weight is 429 g/mol. The van der Waals surface area contributed by atoms with Gasteiger partial charge in [-0.25, -0.2) is 13.2 Å². The number of hydrogen-bond acceptors (Lipinski definition) is 4. The molecule has 1 aliphatic rings. The summed E-state index contributed by atoms with van der Waals surface area (Å²) in [5.41, 5.74) is 0.198. The molecule has 1 fully saturated rings. The summed E-state index contributed by atoms with van der Waals surface area (Å²) in [6.07, 6.45) is 1.68. The monoisotopic (exact) mass is 428 g/mol. The van der Waals surface area contributed by atoms with Gasteiger partial charge in [-0.2, -0.15) is 0 Å². The second-order valence-corrected chi connectivity index (χ2v) is 6.95. The summed E-state index contributed by atoms with van der Waals surface area (Å²) in [7, 11) is 1.39. The van der Waals surface area contributed by atoms with Crippen molar-refractivity contribution in [1.29, 1.82) is 0 Å². The summed E-state index contributed by atoms with van der Waals surface area (Å²) in [6.45, 7) is 0.395. The molecule has 0 spiro atoms. The lowest BCUT2D eigenvalue weighted by Crippen LogP contribution is -2.40. The van der Waals surface area contributed by atoms with Crippen LogP contribution in [0.5, 0.6) is 11.5 Å². The topological polar surface area (TPSA) is 59.6 Å². The zero-order valence-electron chi connectivity index (χ0n) is 15.7. The first kappa shape index (κ1) is 21.3. The maximum absolute atomic E-state index is 14.5.